The third kappa shape index (κ3) is 3.64. The summed E-state index contributed by atoms with van der Waals surface area (Å²) in [6.45, 7) is 9.46. The van der Waals surface area contributed by atoms with Crippen molar-refractivity contribution in [3.05, 3.63) is 11.4 Å². The van der Waals surface area contributed by atoms with Crippen molar-refractivity contribution in [3.63, 3.8) is 0 Å². The van der Waals surface area contributed by atoms with E-state index in [1.54, 1.807) is 0 Å². The zero-order valence-corrected chi connectivity index (χ0v) is 14.0. The quantitative estimate of drug-likeness (QED) is 0.659. The molecule has 1 aliphatic rings. The fourth-order valence-electron chi connectivity index (χ4n) is 3.02. The summed E-state index contributed by atoms with van der Waals surface area (Å²) in [6.07, 6.45) is 5.40. The van der Waals surface area contributed by atoms with Crippen molar-refractivity contribution in [3.8, 4) is 0 Å². The zero-order valence-electron chi connectivity index (χ0n) is 14.0. The number of nitrogens with one attached hydrogen (secondary N) is 1. The Kier molecular flexibility index (Phi) is 4.71. The van der Waals surface area contributed by atoms with E-state index in [2.05, 4.69) is 43.1 Å². The number of hydrogen-bond acceptors (Lipinski definition) is 5. The highest BCUT2D eigenvalue weighted by molar-refractivity contribution is 5.58. The van der Waals surface area contributed by atoms with Crippen molar-refractivity contribution in [2.24, 2.45) is 11.8 Å². The summed E-state index contributed by atoms with van der Waals surface area (Å²) in [7, 11) is 2.13. The topological polar surface area (TPSA) is 67.1 Å². The standard InChI is InChI=1S/C16H29N5/c1-11-13(20-17)18-15(16(2,3)4)19-14(11)21(5)10-12-8-6-7-9-12/h12H,6-10,17H2,1-5H3,(H,18,19,20). The minimum atomic E-state index is -0.0950. The first-order valence-electron chi connectivity index (χ1n) is 7.89. The molecular weight excluding hydrogens is 262 g/mol. The SMILES string of the molecule is Cc1c(NN)nc(C(C)(C)C)nc1N(C)CC1CCCC1. The Balaban J connectivity index is 2.31. The van der Waals surface area contributed by atoms with E-state index in [4.69, 9.17) is 10.8 Å². The van der Waals surface area contributed by atoms with Crippen LogP contribution in [-0.4, -0.2) is 23.6 Å². The van der Waals surface area contributed by atoms with Gasteiger partial charge >= 0.3 is 0 Å². The van der Waals surface area contributed by atoms with Crippen LogP contribution < -0.4 is 16.2 Å². The van der Waals surface area contributed by atoms with Crippen LogP contribution in [0, 0.1) is 12.8 Å². The predicted octanol–water partition coefficient (Wildman–Crippen LogP) is 2.99. The third-order valence-electron chi connectivity index (χ3n) is 4.30. The number of hydrogen-bond donors (Lipinski definition) is 2. The predicted molar refractivity (Wildman–Crippen MR) is 88.5 cm³/mol. The van der Waals surface area contributed by atoms with Gasteiger partial charge in [-0.15, -0.1) is 0 Å². The van der Waals surface area contributed by atoms with Crippen molar-refractivity contribution >= 4 is 11.6 Å². The number of anilines is 2. The monoisotopic (exact) mass is 291 g/mol. The Hall–Kier alpha value is -1.36. The summed E-state index contributed by atoms with van der Waals surface area (Å²) in [5, 5.41) is 0. The summed E-state index contributed by atoms with van der Waals surface area (Å²) in [6, 6.07) is 0. The maximum Gasteiger partial charge on any atom is 0.148 e. The molecule has 0 radical (unpaired) electrons. The van der Waals surface area contributed by atoms with Crippen molar-refractivity contribution in [2.45, 2.75) is 58.8 Å². The molecular formula is C16H29N5. The lowest BCUT2D eigenvalue weighted by Crippen LogP contribution is -2.28. The van der Waals surface area contributed by atoms with Crippen LogP contribution in [0.15, 0.2) is 0 Å². The lowest BCUT2D eigenvalue weighted by molar-refractivity contribution is 0.531. The van der Waals surface area contributed by atoms with Gasteiger partial charge in [0.2, 0.25) is 0 Å². The number of rotatable bonds is 4. The second-order valence-corrected chi connectivity index (χ2v) is 7.27. The molecule has 1 aliphatic carbocycles. The number of nitrogens with zero attached hydrogens (tertiary/aromatic N) is 3. The van der Waals surface area contributed by atoms with Crippen LogP contribution in [0.3, 0.4) is 0 Å². The van der Waals surface area contributed by atoms with Crippen LogP contribution >= 0.6 is 0 Å². The molecule has 118 valence electrons. The van der Waals surface area contributed by atoms with E-state index in [-0.39, 0.29) is 5.41 Å². The van der Waals surface area contributed by atoms with Crippen molar-refractivity contribution < 1.29 is 0 Å². The summed E-state index contributed by atoms with van der Waals surface area (Å²) in [5.74, 6) is 8.97. The zero-order chi connectivity index (χ0) is 15.6. The number of hydrazine groups is 1. The second-order valence-electron chi connectivity index (χ2n) is 7.27. The minimum Gasteiger partial charge on any atom is -0.359 e. The molecule has 0 spiro atoms. The molecule has 5 nitrogen and oxygen atoms in total. The van der Waals surface area contributed by atoms with E-state index in [9.17, 15) is 0 Å². The summed E-state index contributed by atoms with van der Waals surface area (Å²) < 4.78 is 0. The van der Waals surface area contributed by atoms with Gasteiger partial charge in [-0.05, 0) is 25.7 Å². The smallest absolute Gasteiger partial charge is 0.148 e. The molecule has 1 aromatic heterocycles. The molecule has 1 heterocycles. The number of aromatic nitrogens is 2. The maximum absolute atomic E-state index is 5.64. The van der Waals surface area contributed by atoms with Crippen LogP contribution in [0.4, 0.5) is 11.6 Å². The van der Waals surface area contributed by atoms with Crippen LogP contribution in [0.25, 0.3) is 0 Å². The first-order valence-corrected chi connectivity index (χ1v) is 7.89. The van der Waals surface area contributed by atoms with Gasteiger partial charge in [-0.2, -0.15) is 0 Å². The third-order valence-corrected chi connectivity index (χ3v) is 4.30. The van der Waals surface area contributed by atoms with Gasteiger partial charge in [-0.1, -0.05) is 33.6 Å². The highest BCUT2D eigenvalue weighted by Gasteiger charge is 2.24. The van der Waals surface area contributed by atoms with Crippen LogP contribution in [0.1, 0.15) is 57.8 Å². The summed E-state index contributed by atoms with van der Waals surface area (Å²) >= 11 is 0. The molecule has 0 atom stereocenters. The minimum absolute atomic E-state index is 0.0950. The molecule has 3 N–H and O–H groups in total. The molecule has 0 unspecified atom stereocenters. The lowest BCUT2D eigenvalue weighted by Gasteiger charge is -2.27. The molecule has 2 rings (SSSR count). The Morgan fingerprint density at radius 1 is 1.24 bits per heavy atom. The molecule has 1 fully saturated rings. The van der Waals surface area contributed by atoms with Gasteiger partial charge in [0.25, 0.3) is 0 Å². The Morgan fingerprint density at radius 3 is 2.38 bits per heavy atom. The average molecular weight is 291 g/mol. The number of nitrogens with two attached hydrogens (primary N) is 1. The molecule has 0 saturated heterocycles. The van der Waals surface area contributed by atoms with E-state index in [1.165, 1.54) is 25.7 Å². The highest BCUT2D eigenvalue weighted by atomic mass is 15.3. The molecule has 1 saturated carbocycles. The molecule has 0 amide bonds. The van der Waals surface area contributed by atoms with E-state index in [1.807, 2.05) is 6.92 Å². The fraction of sp³-hybridized carbons (Fsp3) is 0.750. The molecule has 0 aromatic carbocycles. The fourth-order valence-corrected chi connectivity index (χ4v) is 3.02. The van der Waals surface area contributed by atoms with Gasteiger partial charge in [-0.25, -0.2) is 15.8 Å². The largest absolute Gasteiger partial charge is 0.359 e. The molecule has 0 bridgehead atoms. The normalized spacial score (nSPS) is 16.3. The van der Waals surface area contributed by atoms with E-state index >= 15 is 0 Å². The van der Waals surface area contributed by atoms with Gasteiger partial charge in [0.1, 0.15) is 17.5 Å². The van der Waals surface area contributed by atoms with Gasteiger partial charge in [0.15, 0.2) is 0 Å². The molecule has 5 heteroatoms. The van der Waals surface area contributed by atoms with Crippen molar-refractivity contribution in [1.29, 1.82) is 0 Å². The summed E-state index contributed by atoms with van der Waals surface area (Å²) in [4.78, 5) is 11.6. The molecule has 21 heavy (non-hydrogen) atoms. The second kappa shape index (κ2) is 6.18. The number of nitrogen functional groups attached to an aromatic ring is 1. The Morgan fingerprint density at radius 2 is 1.86 bits per heavy atom. The first kappa shape index (κ1) is 16.0. The van der Waals surface area contributed by atoms with Crippen LogP contribution in [-0.2, 0) is 5.41 Å². The van der Waals surface area contributed by atoms with E-state index in [0.717, 1.165) is 35.5 Å². The van der Waals surface area contributed by atoms with E-state index < -0.39 is 0 Å². The van der Waals surface area contributed by atoms with Crippen LogP contribution in [0.2, 0.25) is 0 Å². The van der Waals surface area contributed by atoms with Gasteiger partial charge in [-0.3, -0.25) is 0 Å². The van der Waals surface area contributed by atoms with Crippen molar-refractivity contribution in [1.82, 2.24) is 9.97 Å². The van der Waals surface area contributed by atoms with E-state index in [0.29, 0.717) is 0 Å². The maximum atomic E-state index is 5.64. The summed E-state index contributed by atoms with van der Waals surface area (Å²) in [5.41, 5.74) is 3.64. The average Bonchev–Trinajstić information content (AvgIpc) is 2.90. The van der Waals surface area contributed by atoms with Gasteiger partial charge in [0.05, 0.1) is 0 Å². The van der Waals surface area contributed by atoms with Crippen molar-refractivity contribution in [2.75, 3.05) is 23.9 Å². The van der Waals surface area contributed by atoms with Gasteiger partial charge in [0, 0.05) is 24.6 Å². The lowest BCUT2D eigenvalue weighted by atomic mass is 9.95. The van der Waals surface area contributed by atoms with Gasteiger partial charge < -0.3 is 10.3 Å². The van der Waals surface area contributed by atoms with Crippen LogP contribution in [0.5, 0.6) is 0 Å². The molecule has 0 aliphatic heterocycles. The first-order chi connectivity index (χ1) is 9.82. The Bertz CT molecular complexity index is 486. The Labute approximate surface area is 128 Å². The molecule has 1 aromatic rings. The highest BCUT2D eigenvalue weighted by Crippen LogP contribution is 2.30.